The molecule has 1 fully saturated rings. The lowest BCUT2D eigenvalue weighted by Gasteiger charge is -2.24. The van der Waals surface area contributed by atoms with Gasteiger partial charge < -0.3 is 5.32 Å². The van der Waals surface area contributed by atoms with Crippen molar-refractivity contribution in [3.63, 3.8) is 0 Å². The smallest absolute Gasteiger partial charge is 0.260 e. The van der Waals surface area contributed by atoms with Gasteiger partial charge in [0.1, 0.15) is 5.65 Å². The van der Waals surface area contributed by atoms with Gasteiger partial charge in [-0.2, -0.15) is 0 Å². The van der Waals surface area contributed by atoms with Crippen LogP contribution >= 0.6 is 23.4 Å². The summed E-state index contributed by atoms with van der Waals surface area (Å²) in [7, 11) is 0. The van der Waals surface area contributed by atoms with Gasteiger partial charge in [-0.1, -0.05) is 41.6 Å². The third-order valence-electron chi connectivity index (χ3n) is 6.33. The normalized spacial score (nSPS) is 14.6. The third kappa shape index (κ3) is 4.60. The lowest BCUT2D eigenvalue weighted by molar-refractivity contribution is 0.333. The Kier molecular flexibility index (Phi) is 6.68. The zero-order valence-corrected chi connectivity index (χ0v) is 20.8. The molecule has 1 aliphatic heterocycles. The van der Waals surface area contributed by atoms with E-state index in [1.807, 2.05) is 60.2 Å². The average molecular weight is 492 g/mol. The van der Waals surface area contributed by atoms with Gasteiger partial charge in [-0.3, -0.25) is 14.3 Å². The van der Waals surface area contributed by atoms with Crippen molar-refractivity contribution in [2.75, 3.05) is 19.3 Å². The second-order valence-electron chi connectivity index (χ2n) is 8.66. The fourth-order valence-corrected chi connectivity index (χ4v) is 5.14. The van der Waals surface area contributed by atoms with Gasteiger partial charge in [0.2, 0.25) is 0 Å². The first kappa shape index (κ1) is 23.0. The summed E-state index contributed by atoms with van der Waals surface area (Å²) < 4.78 is 1.83. The van der Waals surface area contributed by atoms with E-state index in [0.29, 0.717) is 39.4 Å². The number of rotatable bonds is 5. The fourth-order valence-electron chi connectivity index (χ4n) is 4.52. The third-order valence-corrected chi connectivity index (χ3v) is 7.20. The van der Waals surface area contributed by atoms with E-state index in [2.05, 4.69) is 15.3 Å². The Morgan fingerprint density at radius 3 is 2.68 bits per heavy atom. The molecule has 4 heterocycles. The highest BCUT2D eigenvalue weighted by Gasteiger charge is 2.20. The molecule has 0 atom stereocenters. The highest BCUT2D eigenvalue weighted by atomic mass is 35.5. The number of nitrogens with one attached hydrogen (secondary N) is 1. The van der Waals surface area contributed by atoms with Gasteiger partial charge in [-0.25, -0.2) is 9.97 Å². The molecule has 34 heavy (non-hydrogen) atoms. The van der Waals surface area contributed by atoms with Gasteiger partial charge in [0, 0.05) is 45.5 Å². The van der Waals surface area contributed by atoms with Crippen LogP contribution in [-0.4, -0.2) is 38.9 Å². The Bertz CT molecular complexity index is 1410. The average Bonchev–Trinajstić information content (AvgIpc) is 2.86. The maximum atomic E-state index is 13.8. The van der Waals surface area contributed by atoms with Crippen LogP contribution in [0.2, 0.25) is 5.02 Å². The van der Waals surface area contributed by atoms with Gasteiger partial charge in [0.15, 0.2) is 5.16 Å². The Hall–Kier alpha value is -2.74. The maximum absolute atomic E-state index is 13.8. The van der Waals surface area contributed by atoms with Crippen LogP contribution in [0.25, 0.3) is 33.4 Å². The molecule has 5 rings (SSSR count). The van der Waals surface area contributed by atoms with Crippen LogP contribution in [0.15, 0.2) is 58.6 Å². The summed E-state index contributed by atoms with van der Waals surface area (Å²) in [6, 6.07) is 13.5. The van der Waals surface area contributed by atoms with Crippen LogP contribution in [-0.2, 0) is 6.54 Å². The first-order valence-corrected chi connectivity index (χ1v) is 13.0. The molecule has 0 spiro atoms. The van der Waals surface area contributed by atoms with Crippen LogP contribution in [0.4, 0.5) is 0 Å². The summed E-state index contributed by atoms with van der Waals surface area (Å²) in [6.07, 6.45) is 5.82. The zero-order chi connectivity index (χ0) is 23.7. The maximum Gasteiger partial charge on any atom is 0.260 e. The van der Waals surface area contributed by atoms with Crippen molar-refractivity contribution < 1.29 is 0 Å². The molecular formula is C26H26ClN5OS. The molecule has 0 saturated carbocycles. The van der Waals surface area contributed by atoms with E-state index in [1.54, 1.807) is 6.20 Å². The van der Waals surface area contributed by atoms with Crippen LogP contribution in [0.1, 0.15) is 18.5 Å². The molecule has 0 amide bonds. The summed E-state index contributed by atoms with van der Waals surface area (Å²) in [4.78, 5) is 27.6. The number of halogens is 1. The number of aromatic nitrogens is 4. The van der Waals surface area contributed by atoms with Crippen molar-refractivity contribution in [3.05, 3.63) is 69.7 Å². The van der Waals surface area contributed by atoms with Crippen molar-refractivity contribution in [2.45, 2.75) is 31.5 Å². The number of benzene rings is 1. The standard InChI is InChI=1S/C26H26ClN5OS/c1-16-4-3-5-23(30-16)18-6-7-20(22(27)13-18)21-12-19-14-29-26(34-2)31-24(19)32(25(21)33)15-17-8-10-28-11-9-17/h3-7,12-14,17,28H,8-11,15H2,1-2H3. The molecule has 0 aliphatic carbocycles. The fraction of sp³-hybridized carbons (Fsp3) is 0.308. The predicted octanol–water partition coefficient (Wildman–Crippen LogP) is 5.20. The molecule has 3 aromatic heterocycles. The number of hydrogen-bond donors (Lipinski definition) is 1. The molecule has 4 aromatic rings. The van der Waals surface area contributed by atoms with Crippen LogP contribution in [0.3, 0.4) is 0 Å². The molecule has 6 nitrogen and oxygen atoms in total. The lowest BCUT2D eigenvalue weighted by Crippen LogP contribution is -2.33. The first-order chi connectivity index (χ1) is 16.5. The van der Waals surface area contributed by atoms with Gasteiger partial charge in [0.05, 0.1) is 5.69 Å². The van der Waals surface area contributed by atoms with Crippen molar-refractivity contribution >= 4 is 34.4 Å². The number of aryl methyl sites for hydroxylation is 1. The van der Waals surface area contributed by atoms with Crippen molar-refractivity contribution in [1.82, 2.24) is 24.8 Å². The van der Waals surface area contributed by atoms with E-state index in [-0.39, 0.29) is 5.56 Å². The summed E-state index contributed by atoms with van der Waals surface area (Å²) >= 11 is 8.22. The minimum absolute atomic E-state index is 0.0693. The molecule has 1 aliphatic rings. The first-order valence-electron chi connectivity index (χ1n) is 11.4. The second kappa shape index (κ2) is 9.86. The highest BCUT2D eigenvalue weighted by molar-refractivity contribution is 7.98. The molecule has 1 aromatic carbocycles. The van der Waals surface area contributed by atoms with Crippen LogP contribution in [0.5, 0.6) is 0 Å². The Balaban J connectivity index is 1.63. The number of pyridine rings is 2. The molecule has 0 unspecified atom stereocenters. The minimum atomic E-state index is -0.0693. The van der Waals surface area contributed by atoms with Crippen molar-refractivity contribution in [3.8, 4) is 22.4 Å². The topological polar surface area (TPSA) is 72.7 Å². The molecular weight excluding hydrogens is 466 g/mol. The lowest BCUT2D eigenvalue weighted by atomic mass is 9.97. The number of nitrogens with zero attached hydrogens (tertiary/aromatic N) is 4. The summed E-state index contributed by atoms with van der Waals surface area (Å²) in [5, 5.41) is 5.41. The summed E-state index contributed by atoms with van der Waals surface area (Å²) in [5.41, 5.74) is 4.60. The van der Waals surface area contributed by atoms with E-state index >= 15 is 0 Å². The highest BCUT2D eigenvalue weighted by Crippen LogP contribution is 2.32. The largest absolute Gasteiger partial charge is 0.317 e. The molecule has 0 radical (unpaired) electrons. The monoisotopic (exact) mass is 491 g/mol. The second-order valence-corrected chi connectivity index (χ2v) is 9.84. The van der Waals surface area contributed by atoms with Gasteiger partial charge in [0.25, 0.3) is 5.56 Å². The number of hydrogen-bond acceptors (Lipinski definition) is 6. The number of fused-ring (bicyclic) bond motifs is 1. The Morgan fingerprint density at radius 1 is 1.12 bits per heavy atom. The molecule has 8 heteroatoms. The minimum Gasteiger partial charge on any atom is -0.317 e. The molecule has 1 N–H and O–H groups in total. The molecule has 174 valence electrons. The van der Waals surface area contributed by atoms with E-state index in [9.17, 15) is 4.79 Å². The van der Waals surface area contributed by atoms with E-state index < -0.39 is 0 Å². The van der Waals surface area contributed by atoms with Gasteiger partial charge in [-0.15, -0.1) is 0 Å². The Labute approximate surface area is 207 Å². The van der Waals surface area contributed by atoms with E-state index in [0.717, 1.165) is 48.3 Å². The SMILES string of the molecule is CSc1ncc2cc(-c3ccc(-c4cccc(C)n4)cc3Cl)c(=O)n(CC3CCNCC3)c2n1. The van der Waals surface area contributed by atoms with E-state index in [1.165, 1.54) is 11.8 Å². The summed E-state index contributed by atoms with van der Waals surface area (Å²) in [6.45, 7) is 4.55. The van der Waals surface area contributed by atoms with Crippen molar-refractivity contribution in [2.24, 2.45) is 5.92 Å². The summed E-state index contributed by atoms with van der Waals surface area (Å²) in [5.74, 6) is 0.426. The molecule has 0 bridgehead atoms. The van der Waals surface area contributed by atoms with Gasteiger partial charge >= 0.3 is 0 Å². The quantitative estimate of drug-likeness (QED) is 0.305. The zero-order valence-electron chi connectivity index (χ0n) is 19.2. The van der Waals surface area contributed by atoms with Gasteiger partial charge in [-0.05, 0) is 69.3 Å². The van der Waals surface area contributed by atoms with Crippen LogP contribution in [0, 0.1) is 12.8 Å². The van der Waals surface area contributed by atoms with Crippen molar-refractivity contribution in [1.29, 1.82) is 0 Å². The number of thioether (sulfide) groups is 1. The van der Waals surface area contributed by atoms with Crippen LogP contribution < -0.4 is 10.9 Å². The predicted molar refractivity (Wildman–Crippen MR) is 140 cm³/mol. The molecule has 1 saturated heterocycles. The van der Waals surface area contributed by atoms with E-state index in [4.69, 9.17) is 16.6 Å². The Morgan fingerprint density at radius 2 is 1.94 bits per heavy atom. The number of piperidine rings is 1.